The van der Waals surface area contributed by atoms with Gasteiger partial charge in [-0.1, -0.05) is 6.07 Å². The van der Waals surface area contributed by atoms with Crippen LogP contribution in [0.2, 0.25) is 0 Å². The van der Waals surface area contributed by atoms with Crippen molar-refractivity contribution < 1.29 is 13.9 Å². The summed E-state index contributed by atoms with van der Waals surface area (Å²) < 4.78 is 17.9. The van der Waals surface area contributed by atoms with Crippen molar-refractivity contribution in [3.63, 3.8) is 0 Å². The van der Waals surface area contributed by atoms with Gasteiger partial charge in [-0.05, 0) is 44.9 Å². The lowest BCUT2D eigenvalue weighted by Crippen LogP contribution is -2.46. The largest absolute Gasteiger partial charge is 0.468 e. The summed E-state index contributed by atoms with van der Waals surface area (Å²) in [5.41, 5.74) is 5.77. The summed E-state index contributed by atoms with van der Waals surface area (Å²) in [6.07, 6.45) is 1.25. The zero-order valence-corrected chi connectivity index (χ0v) is 12.4. The lowest BCUT2D eigenvalue weighted by atomic mass is 9.97. The highest BCUT2D eigenvalue weighted by atomic mass is 19.1. The third-order valence-corrected chi connectivity index (χ3v) is 3.33. The van der Waals surface area contributed by atoms with Crippen LogP contribution in [0.1, 0.15) is 26.7 Å². The number of nitrogens with two attached hydrogens (primary N) is 1. The summed E-state index contributed by atoms with van der Waals surface area (Å²) in [5, 5.41) is 0. The molecule has 1 aromatic carbocycles. The number of rotatable bonds is 7. The number of halogens is 1. The molecular weight excluding hydrogens is 259 g/mol. The first kappa shape index (κ1) is 16.4. The molecule has 1 rings (SSSR count). The molecule has 5 heteroatoms. The minimum Gasteiger partial charge on any atom is -0.468 e. The summed E-state index contributed by atoms with van der Waals surface area (Å²) in [4.78, 5) is 13.5. The molecule has 0 aliphatic rings. The number of nitrogens with zero attached hydrogens (tertiary/aromatic N) is 1. The first-order valence-electron chi connectivity index (χ1n) is 6.78. The first-order chi connectivity index (χ1) is 9.40. The molecule has 0 saturated heterocycles. The lowest BCUT2D eigenvalue weighted by Gasteiger charge is -2.26. The fourth-order valence-electron chi connectivity index (χ4n) is 2.11. The second-order valence-corrected chi connectivity index (χ2v) is 5.07. The van der Waals surface area contributed by atoms with Crippen molar-refractivity contribution in [3.8, 4) is 0 Å². The molecule has 0 aliphatic carbocycles. The Kier molecular flexibility index (Phi) is 5.95. The van der Waals surface area contributed by atoms with Gasteiger partial charge in [0.2, 0.25) is 0 Å². The van der Waals surface area contributed by atoms with Crippen LogP contribution in [0.4, 0.5) is 10.1 Å². The summed E-state index contributed by atoms with van der Waals surface area (Å²) in [6.45, 7) is 5.15. The number of ether oxygens (including phenoxy) is 1. The van der Waals surface area contributed by atoms with Crippen LogP contribution in [0.25, 0.3) is 0 Å². The van der Waals surface area contributed by atoms with E-state index in [4.69, 9.17) is 5.73 Å². The number of esters is 1. The van der Waals surface area contributed by atoms with E-state index >= 15 is 0 Å². The monoisotopic (exact) mass is 282 g/mol. The van der Waals surface area contributed by atoms with Crippen LogP contribution in [-0.2, 0) is 9.53 Å². The van der Waals surface area contributed by atoms with Crippen LogP contribution in [0.5, 0.6) is 0 Å². The predicted octanol–water partition coefficient (Wildman–Crippen LogP) is 2.32. The molecule has 20 heavy (non-hydrogen) atoms. The van der Waals surface area contributed by atoms with Gasteiger partial charge in [-0.15, -0.1) is 0 Å². The van der Waals surface area contributed by atoms with Crippen molar-refractivity contribution in [1.29, 1.82) is 0 Å². The molecule has 0 heterocycles. The first-order valence-corrected chi connectivity index (χ1v) is 6.78. The third-order valence-electron chi connectivity index (χ3n) is 3.33. The van der Waals surface area contributed by atoms with E-state index in [0.717, 1.165) is 18.7 Å². The Morgan fingerprint density at radius 1 is 1.50 bits per heavy atom. The minimum atomic E-state index is -0.976. The van der Waals surface area contributed by atoms with Crippen molar-refractivity contribution in [2.75, 3.05) is 25.1 Å². The van der Waals surface area contributed by atoms with Gasteiger partial charge < -0.3 is 15.4 Å². The van der Waals surface area contributed by atoms with Crippen molar-refractivity contribution in [1.82, 2.24) is 0 Å². The number of hydrogen-bond donors (Lipinski definition) is 1. The number of methoxy groups -OCH3 is 1. The molecular formula is C15H23FN2O2. The van der Waals surface area contributed by atoms with Crippen LogP contribution >= 0.6 is 0 Å². The van der Waals surface area contributed by atoms with Crippen molar-refractivity contribution in [2.45, 2.75) is 32.2 Å². The Morgan fingerprint density at radius 2 is 2.20 bits per heavy atom. The Labute approximate surface area is 119 Å². The van der Waals surface area contributed by atoms with Gasteiger partial charge in [0.25, 0.3) is 0 Å². The zero-order valence-electron chi connectivity index (χ0n) is 12.4. The van der Waals surface area contributed by atoms with E-state index < -0.39 is 11.5 Å². The molecule has 0 aliphatic heterocycles. The number of benzene rings is 1. The van der Waals surface area contributed by atoms with Crippen molar-refractivity contribution >= 4 is 11.7 Å². The maximum Gasteiger partial charge on any atom is 0.325 e. The highest BCUT2D eigenvalue weighted by molar-refractivity contribution is 5.79. The van der Waals surface area contributed by atoms with E-state index in [1.54, 1.807) is 13.0 Å². The van der Waals surface area contributed by atoms with E-state index in [2.05, 4.69) is 9.64 Å². The van der Waals surface area contributed by atoms with E-state index in [1.807, 2.05) is 13.0 Å². The third kappa shape index (κ3) is 4.49. The molecule has 0 fully saturated rings. The van der Waals surface area contributed by atoms with Gasteiger partial charge in [0.1, 0.15) is 11.4 Å². The molecule has 1 unspecified atom stereocenters. The number of hydrogen-bond acceptors (Lipinski definition) is 4. The molecule has 0 aromatic heterocycles. The predicted molar refractivity (Wildman–Crippen MR) is 78.1 cm³/mol. The van der Waals surface area contributed by atoms with Crippen molar-refractivity contribution in [3.05, 3.63) is 30.1 Å². The van der Waals surface area contributed by atoms with Gasteiger partial charge in [0.15, 0.2) is 0 Å². The SMILES string of the molecule is CCN(CCCC(C)(N)C(=O)OC)c1cccc(F)c1. The normalized spacial score (nSPS) is 13.7. The van der Waals surface area contributed by atoms with E-state index in [9.17, 15) is 9.18 Å². The van der Waals surface area contributed by atoms with E-state index in [0.29, 0.717) is 13.0 Å². The Bertz CT molecular complexity index is 449. The van der Waals surface area contributed by atoms with Crippen LogP contribution in [-0.4, -0.2) is 31.7 Å². The summed E-state index contributed by atoms with van der Waals surface area (Å²) in [7, 11) is 1.33. The second-order valence-electron chi connectivity index (χ2n) is 5.07. The molecule has 1 aromatic rings. The summed E-state index contributed by atoms with van der Waals surface area (Å²) >= 11 is 0. The molecule has 0 bridgehead atoms. The fraction of sp³-hybridized carbons (Fsp3) is 0.533. The average Bonchev–Trinajstić information content (AvgIpc) is 2.42. The van der Waals surface area contributed by atoms with Crippen LogP contribution < -0.4 is 10.6 Å². The number of carbonyl (C=O) groups excluding carboxylic acids is 1. The van der Waals surface area contributed by atoms with Crippen LogP contribution in [0, 0.1) is 5.82 Å². The molecule has 0 amide bonds. The maximum absolute atomic E-state index is 13.2. The fourth-order valence-corrected chi connectivity index (χ4v) is 2.11. The van der Waals surface area contributed by atoms with Crippen LogP contribution in [0.3, 0.4) is 0 Å². The zero-order chi connectivity index (χ0) is 15.2. The molecule has 112 valence electrons. The topological polar surface area (TPSA) is 55.6 Å². The summed E-state index contributed by atoms with van der Waals surface area (Å²) in [6, 6.07) is 6.49. The Hall–Kier alpha value is -1.62. The van der Waals surface area contributed by atoms with Gasteiger partial charge in [0, 0.05) is 18.8 Å². The van der Waals surface area contributed by atoms with E-state index in [1.165, 1.54) is 19.2 Å². The highest BCUT2D eigenvalue weighted by Gasteiger charge is 2.28. The standard InChI is InChI=1S/C15H23FN2O2/c1-4-18(13-8-5-7-12(16)11-13)10-6-9-15(2,17)14(19)20-3/h5,7-8,11H,4,6,9-10,17H2,1-3H3. The second kappa shape index (κ2) is 7.24. The van der Waals surface area contributed by atoms with E-state index in [-0.39, 0.29) is 5.82 Å². The molecule has 4 nitrogen and oxygen atoms in total. The molecule has 0 spiro atoms. The van der Waals surface area contributed by atoms with Crippen LogP contribution in [0.15, 0.2) is 24.3 Å². The lowest BCUT2D eigenvalue weighted by molar-refractivity contribution is -0.146. The highest BCUT2D eigenvalue weighted by Crippen LogP contribution is 2.17. The van der Waals surface area contributed by atoms with Gasteiger partial charge in [-0.2, -0.15) is 0 Å². The van der Waals surface area contributed by atoms with Gasteiger partial charge in [-0.3, -0.25) is 4.79 Å². The smallest absolute Gasteiger partial charge is 0.325 e. The Morgan fingerprint density at radius 3 is 2.75 bits per heavy atom. The summed E-state index contributed by atoms with van der Waals surface area (Å²) in [5.74, 6) is -0.662. The molecule has 0 radical (unpaired) electrons. The quantitative estimate of drug-likeness (QED) is 0.780. The van der Waals surface area contributed by atoms with Gasteiger partial charge in [0.05, 0.1) is 7.11 Å². The average molecular weight is 282 g/mol. The van der Waals surface area contributed by atoms with Gasteiger partial charge >= 0.3 is 5.97 Å². The number of carbonyl (C=O) groups is 1. The molecule has 0 saturated carbocycles. The number of anilines is 1. The Balaban J connectivity index is 2.57. The van der Waals surface area contributed by atoms with Gasteiger partial charge in [-0.25, -0.2) is 4.39 Å². The molecule has 1 atom stereocenters. The molecule has 2 N–H and O–H groups in total. The minimum absolute atomic E-state index is 0.251. The maximum atomic E-state index is 13.2. The van der Waals surface area contributed by atoms with Crippen molar-refractivity contribution in [2.24, 2.45) is 5.73 Å².